The van der Waals surface area contributed by atoms with Gasteiger partial charge in [0.1, 0.15) is 5.75 Å². The monoisotopic (exact) mass is 298 g/mol. The van der Waals surface area contributed by atoms with Gasteiger partial charge < -0.3 is 4.74 Å². The van der Waals surface area contributed by atoms with Gasteiger partial charge in [0.05, 0.1) is 0 Å². The van der Waals surface area contributed by atoms with Crippen LogP contribution in [0.2, 0.25) is 5.02 Å². The average molecular weight is 300 g/mol. The molecule has 2 nitrogen and oxygen atoms in total. The minimum absolute atomic E-state index is 0. The van der Waals surface area contributed by atoms with E-state index in [1.165, 1.54) is 0 Å². The molecule has 0 aliphatic rings. The Labute approximate surface area is 102 Å². The molecule has 1 rings (SSSR count). The maximum absolute atomic E-state index is 10.9. The predicted molar refractivity (Wildman–Crippen MR) is 62.3 cm³/mol. The van der Waals surface area contributed by atoms with E-state index < -0.39 is 0 Å². The summed E-state index contributed by atoms with van der Waals surface area (Å²) in [7, 11) is 0. The molecule has 14 heavy (non-hydrogen) atoms. The lowest BCUT2D eigenvalue weighted by atomic mass is 10.3. The molecule has 0 N–H and O–H groups in total. The molecule has 0 heterocycles. The predicted octanol–water partition coefficient (Wildman–Crippen LogP) is 3.84. The van der Waals surface area contributed by atoms with E-state index >= 15 is 0 Å². The normalized spacial score (nSPS) is 9.07. The summed E-state index contributed by atoms with van der Waals surface area (Å²) < 4.78 is 5.76. The van der Waals surface area contributed by atoms with Gasteiger partial charge in [-0.05, 0) is 18.2 Å². The second-order valence-corrected chi connectivity index (χ2v) is 3.78. The zero-order valence-electron chi connectivity index (χ0n) is 7.42. The maximum atomic E-state index is 10.9. The quantitative estimate of drug-likeness (QED) is 0.613. The van der Waals surface area contributed by atoms with E-state index in [1.54, 1.807) is 25.1 Å². The number of hydrogen-bond donors (Lipinski definition) is 0. The van der Waals surface area contributed by atoms with Gasteiger partial charge in [0.2, 0.25) is 0 Å². The van der Waals surface area contributed by atoms with Crippen molar-refractivity contribution in [3.05, 3.63) is 27.7 Å². The summed E-state index contributed by atoms with van der Waals surface area (Å²) in [4.78, 5) is 10.9. The van der Waals surface area contributed by atoms with Crippen LogP contribution in [0.25, 0.3) is 0 Å². The number of carbonyl (C=O) groups is 1. The van der Waals surface area contributed by atoms with Gasteiger partial charge in [-0.15, -0.1) is 12.4 Å². The smallest absolute Gasteiger partial charge is 0.310 e. The summed E-state index contributed by atoms with van der Waals surface area (Å²) in [6.45, 7) is 1.74. The van der Waals surface area contributed by atoms with Crippen LogP contribution in [0.15, 0.2) is 22.7 Å². The van der Waals surface area contributed by atoms with Gasteiger partial charge in [-0.3, -0.25) is 4.79 Å². The molecular formula is C9H9BrCl2O2. The van der Waals surface area contributed by atoms with Crippen molar-refractivity contribution in [2.45, 2.75) is 13.3 Å². The van der Waals surface area contributed by atoms with Gasteiger partial charge in [0.25, 0.3) is 0 Å². The van der Waals surface area contributed by atoms with Crippen molar-refractivity contribution >= 4 is 45.9 Å². The van der Waals surface area contributed by atoms with Gasteiger partial charge >= 0.3 is 5.97 Å². The first-order valence-corrected chi connectivity index (χ1v) is 4.95. The van der Waals surface area contributed by atoms with E-state index in [9.17, 15) is 4.79 Å². The number of carbonyl (C=O) groups excluding carboxylic acids is 1. The molecule has 0 bridgehead atoms. The van der Waals surface area contributed by atoms with Crippen molar-refractivity contribution < 1.29 is 9.53 Å². The minimum atomic E-state index is -0.269. The highest BCUT2D eigenvalue weighted by atomic mass is 79.9. The summed E-state index contributed by atoms with van der Waals surface area (Å²) in [5, 5.41) is 0.535. The number of benzene rings is 1. The van der Waals surface area contributed by atoms with Gasteiger partial charge in [0.15, 0.2) is 0 Å². The molecule has 0 saturated heterocycles. The molecule has 78 valence electrons. The van der Waals surface area contributed by atoms with Crippen LogP contribution in [-0.2, 0) is 4.79 Å². The highest BCUT2D eigenvalue weighted by Crippen LogP contribution is 2.24. The third-order valence-corrected chi connectivity index (χ3v) is 2.03. The molecule has 0 spiro atoms. The third-order valence-electron chi connectivity index (χ3n) is 1.36. The highest BCUT2D eigenvalue weighted by molar-refractivity contribution is 9.10. The average Bonchev–Trinajstić information content (AvgIpc) is 2.02. The molecule has 0 atom stereocenters. The third kappa shape index (κ3) is 4.31. The van der Waals surface area contributed by atoms with E-state index in [-0.39, 0.29) is 18.4 Å². The molecule has 1 aromatic carbocycles. The van der Waals surface area contributed by atoms with Crippen molar-refractivity contribution in [1.82, 2.24) is 0 Å². The van der Waals surface area contributed by atoms with Gasteiger partial charge in [-0.2, -0.15) is 0 Å². The Hall–Kier alpha value is -0.250. The molecule has 0 aliphatic heterocycles. The van der Waals surface area contributed by atoms with Crippen molar-refractivity contribution in [3.8, 4) is 5.75 Å². The lowest BCUT2D eigenvalue weighted by Crippen LogP contribution is -2.05. The summed E-state index contributed by atoms with van der Waals surface area (Å²) in [6, 6.07) is 5.02. The Morgan fingerprint density at radius 2 is 2.14 bits per heavy atom. The van der Waals surface area contributed by atoms with Gasteiger partial charge in [-0.25, -0.2) is 0 Å². The van der Waals surface area contributed by atoms with E-state index in [0.29, 0.717) is 17.2 Å². The van der Waals surface area contributed by atoms with Crippen LogP contribution >= 0.6 is 39.9 Å². The van der Waals surface area contributed by atoms with E-state index in [1.807, 2.05) is 0 Å². The van der Waals surface area contributed by atoms with Crippen LogP contribution in [0.1, 0.15) is 13.3 Å². The fourth-order valence-electron chi connectivity index (χ4n) is 0.791. The Bertz CT molecular complexity index is 308. The Morgan fingerprint density at radius 3 is 2.64 bits per heavy atom. The molecule has 0 fully saturated rings. The lowest BCUT2D eigenvalue weighted by Gasteiger charge is -2.03. The number of ether oxygens (including phenoxy) is 1. The molecule has 0 radical (unpaired) electrons. The molecule has 0 aliphatic carbocycles. The topological polar surface area (TPSA) is 26.3 Å². The SMILES string of the molecule is CCC(=O)Oc1cc(Cl)cc(Br)c1.Cl. The first-order valence-electron chi connectivity index (χ1n) is 3.78. The van der Waals surface area contributed by atoms with E-state index in [4.69, 9.17) is 16.3 Å². The largest absolute Gasteiger partial charge is 0.426 e. The number of halogens is 3. The van der Waals surface area contributed by atoms with Crippen LogP contribution in [0.5, 0.6) is 5.75 Å². The number of hydrogen-bond acceptors (Lipinski definition) is 2. The molecule has 1 aromatic rings. The highest BCUT2D eigenvalue weighted by Gasteiger charge is 2.03. The van der Waals surface area contributed by atoms with Crippen LogP contribution in [0.4, 0.5) is 0 Å². The fourth-order valence-corrected chi connectivity index (χ4v) is 1.62. The number of esters is 1. The van der Waals surface area contributed by atoms with Crippen LogP contribution < -0.4 is 4.74 Å². The van der Waals surface area contributed by atoms with Crippen LogP contribution in [-0.4, -0.2) is 5.97 Å². The van der Waals surface area contributed by atoms with Crippen molar-refractivity contribution in [2.75, 3.05) is 0 Å². The summed E-state index contributed by atoms with van der Waals surface area (Å²) in [6.07, 6.45) is 0.351. The minimum Gasteiger partial charge on any atom is -0.426 e. The second-order valence-electron chi connectivity index (χ2n) is 2.43. The van der Waals surface area contributed by atoms with Gasteiger partial charge in [-0.1, -0.05) is 34.5 Å². The van der Waals surface area contributed by atoms with E-state index in [0.717, 1.165) is 4.47 Å². The van der Waals surface area contributed by atoms with Crippen LogP contribution in [0.3, 0.4) is 0 Å². The van der Waals surface area contributed by atoms with E-state index in [2.05, 4.69) is 15.9 Å². The summed E-state index contributed by atoms with van der Waals surface area (Å²) in [5.74, 6) is 0.195. The summed E-state index contributed by atoms with van der Waals surface area (Å²) >= 11 is 9.00. The standard InChI is InChI=1S/C9H8BrClO2.ClH/c1-2-9(12)13-8-4-6(10)3-7(11)5-8;/h3-5H,2H2,1H3;1H. The fraction of sp³-hybridized carbons (Fsp3) is 0.222. The zero-order valence-corrected chi connectivity index (χ0v) is 10.6. The molecule has 0 unspecified atom stereocenters. The first kappa shape index (κ1) is 13.8. The number of rotatable bonds is 2. The molecule has 0 aromatic heterocycles. The molecule has 0 amide bonds. The van der Waals surface area contributed by atoms with Crippen LogP contribution in [0, 0.1) is 0 Å². The molecule has 5 heteroatoms. The molecular weight excluding hydrogens is 291 g/mol. The zero-order chi connectivity index (χ0) is 9.84. The lowest BCUT2D eigenvalue weighted by molar-refractivity contribution is -0.134. The van der Waals surface area contributed by atoms with Crippen molar-refractivity contribution in [1.29, 1.82) is 0 Å². The van der Waals surface area contributed by atoms with Crippen molar-refractivity contribution in [2.24, 2.45) is 0 Å². The Balaban J connectivity index is 0.00000169. The van der Waals surface area contributed by atoms with Crippen molar-refractivity contribution in [3.63, 3.8) is 0 Å². The van der Waals surface area contributed by atoms with Gasteiger partial charge in [0, 0.05) is 15.9 Å². The molecule has 0 saturated carbocycles. The summed E-state index contributed by atoms with van der Waals surface area (Å²) in [5.41, 5.74) is 0. The Morgan fingerprint density at radius 1 is 1.50 bits per heavy atom. The first-order chi connectivity index (χ1) is 6.11. The second kappa shape index (κ2) is 6.27. The maximum Gasteiger partial charge on any atom is 0.310 e. The Kier molecular flexibility index (Phi) is 6.16.